The van der Waals surface area contributed by atoms with Gasteiger partial charge >= 0.3 is 0 Å². The lowest BCUT2D eigenvalue weighted by Crippen LogP contribution is -2.52. The highest BCUT2D eigenvalue weighted by Crippen LogP contribution is 2.26. The predicted molar refractivity (Wildman–Crippen MR) is 74.4 cm³/mol. The van der Waals surface area contributed by atoms with Crippen LogP contribution in [-0.2, 0) is 4.79 Å². The quantitative estimate of drug-likeness (QED) is 0.782. The molecule has 4 nitrogen and oxygen atoms in total. The lowest BCUT2D eigenvalue weighted by molar-refractivity contribution is -0.138. The first-order valence-corrected chi connectivity index (χ1v) is 7.68. The van der Waals surface area contributed by atoms with Crippen molar-refractivity contribution in [2.45, 2.75) is 51.5 Å². The Labute approximate surface area is 116 Å². The molecule has 1 aliphatic heterocycles. The van der Waals surface area contributed by atoms with Gasteiger partial charge in [-0.3, -0.25) is 9.69 Å². The maximum atomic E-state index is 12.4. The number of carbonyl (C=O) groups excluding carboxylic acids is 1. The summed E-state index contributed by atoms with van der Waals surface area (Å²) >= 11 is 0. The van der Waals surface area contributed by atoms with E-state index in [2.05, 4.69) is 11.0 Å². The highest BCUT2D eigenvalue weighted by Gasteiger charge is 2.29. The van der Waals surface area contributed by atoms with Gasteiger partial charge in [0.05, 0.1) is 12.1 Å². The Morgan fingerprint density at radius 3 is 2.37 bits per heavy atom. The molecule has 0 aromatic heterocycles. The molecule has 0 aromatic rings. The Kier molecular flexibility index (Phi) is 5.21. The zero-order chi connectivity index (χ0) is 13.7. The van der Waals surface area contributed by atoms with Crippen LogP contribution >= 0.6 is 0 Å². The van der Waals surface area contributed by atoms with Crippen LogP contribution in [-0.4, -0.2) is 47.9 Å². The summed E-state index contributed by atoms with van der Waals surface area (Å²) in [5.41, 5.74) is 0. The van der Waals surface area contributed by atoms with Gasteiger partial charge in [0.25, 0.3) is 0 Å². The summed E-state index contributed by atoms with van der Waals surface area (Å²) in [6.45, 7) is 5.35. The summed E-state index contributed by atoms with van der Waals surface area (Å²) in [5, 5.41) is 9.09. The second kappa shape index (κ2) is 6.91. The van der Waals surface area contributed by atoms with Crippen molar-refractivity contribution in [3.63, 3.8) is 0 Å². The first-order chi connectivity index (χ1) is 9.26. The normalized spacial score (nSPS) is 23.9. The molecule has 19 heavy (non-hydrogen) atoms. The van der Waals surface area contributed by atoms with Gasteiger partial charge in [0, 0.05) is 32.1 Å². The average molecular weight is 263 g/mol. The Bertz CT molecular complexity index is 336. The Hall–Kier alpha value is -1.08. The van der Waals surface area contributed by atoms with E-state index < -0.39 is 0 Å². The third-order valence-corrected chi connectivity index (χ3v) is 4.56. The molecule has 2 fully saturated rings. The van der Waals surface area contributed by atoms with Gasteiger partial charge in [0.15, 0.2) is 0 Å². The van der Waals surface area contributed by atoms with E-state index >= 15 is 0 Å². The second-order valence-electron chi connectivity index (χ2n) is 5.75. The molecule has 1 saturated heterocycles. The zero-order valence-corrected chi connectivity index (χ0v) is 12.0. The van der Waals surface area contributed by atoms with Gasteiger partial charge in [-0.2, -0.15) is 5.26 Å². The lowest BCUT2D eigenvalue weighted by atomic mass is 9.88. The SMILES string of the molecule is CCC(C#N)N1CCN(C(=O)C2CCCCC2)CC1. The van der Waals surface area contributed by atoms with Gasteiger partial charge in [0.2, 0.25) is 5.91 Å². The predicted octanol–water partition coefficient (Wildman–Crippen LogP) is 2.01. The number of amides is 1. The number of nitriles is 1. The van der Waals surface area contributed by atoms with Crippen molar-refractivity contribution in [1.29, 1.82) is 5.26 Å². The highest BCUT2D eigenvalue weighted by atomic mass is 16.2. The molecule has 0 aromatic carbocycles. The van der Waals surface area contributed by atoms with E-state index in [1.54, 1.807) is 0 Å². The van der Waals surface area contributed by atoms with Crippen molar-refractivity contribution in [3.05, 3.63) is 0 Å². The van der Waals surface area contributed by atoms with Gasteiger partial charge in [-0.1, -0.05) is 26.2 Å². The number of piperazine rings is 1. The fourth-order valence-electron chi connectivity index (χ4n) is 3.29. The minimum atomic E-state index is 0.0203. The maximum Gasteiger partial charge on any atom is 0.225 e. The van der Waals surface area contributed by atoms with E-state index in [0.29, 0.717) is 5.91 Å². The van der Waals surface area contributed by atoms with E-state index in [0.717, 1.165) is 45.4 Å². The number of hydrogen-bond donors (Lipinski definition) is 0. The topological polar surface area (TPSA) is 47.3 Å². The summed E-state index contributed by atoms with van der Waals surface area (Å²) in [5.74, 6) is 0.641. The van der Waals surface area contributed by atoms with E-state index in [1.165, 1.54) is 19.3 Å². The number of rotatable bonds is 3. The molecule has 0 bridgehead atoms. The van der Waals surface area contributed by atoms with Crippen LogP contribution in [0.15, 0.2) is 0 Å². The fraction of sp³-hybridized carbons (Fsp3) is 0.867. The molecule has 0 spiro atoms. The first kappa shape index (κ1) is 14.3. The highest BCUT2D eigenvalue weighted by molar-refractivity contribution is 5.79. The summed E-state index contributed by atoms with van der Waals surface area (Å²) in [6, 6.07) is 2.37. The Morgan fingerprint density at radius 2 is 1.84 bits per heavy atom. The summed E-state index contributed by atoms with van der Waals surface area (Å²) in [6.07, 6.45) is 6.74. The second-order valence-corrected chi connectivity index (χ2v) is 5.75. The van der Waals surface area contributed by atoms with Gasteiger partial charge in [-0.15, -0.1) is 0 Å². The number of hydrogen-bond acceptors (Lipinski definition) is 3. The van der Waals surface area contributed by atoms with Crippen molar-refractivity contribution in [3.8, 4) is 6.07 Å². The first-order valence-electron chi connectivity index (χ1n) is 7.68. The lowest BCUT2D eigenvalue weighted by Gasteiger charge is -2.38. The third kappa shape index (κ3) is 3.48. The fourth-order valence-corrected chi connectivity index (χ4v) is 3.29. The van der Waals surface area contributed by atoms with Crippen molar-refractivity contribution in [2.75, 3.05) is 26.2 Å². The third-order valence-electron chi connectivity index (χ3n) is 4.56. The summed E-state index contributed by atoms with van der Waals surface area (Å²) in [4.78, 5) is 16.6. The largest absolute Gasteiger partial charge is 0.340 e. The average Bonchev–Trinajstić information content (AvgIpc) is 2.49. The molecular formula is C15H25N3O. The molecule has 1 aliphatic carbocycles. The van der Waals surface area contributed by atoms with Crippen molar-refractivity contribution in [1.82, 2.24) is 9.80 Å². The van der Waals surface area contributed by atoms with Gasteiger partial charge < -0.3 is 4.90 Å². The molecular weight excluding hydrogens is 238 g/mol. The standard InChI is InChI=1S/C15H25N3O/c1-2-14(12-16)17-8-10-18(11-9-17)15(19)13-6-4-3-5-7-13/h13-14H,2-11H2,1H3. The van der Waals surface area contributed by atoms with E-state index in [-0.39, 0.29) is 12.0 Å². The monoisotopic (exact) mass is 263 g/mol. The van der Waals surface area contributed by atoms with Crippen LogP contribution in [0.2, 0.25) is 0 Å². The van der Waals surface area contributed by atoms with Crippen LogP contribution in [0.25, 0.3) is 0 Å². The smallest absolute Gasteiger partial charge is 0.225 e. The molecule has 2 rings (SSSR count). The number of carbonyl (C=O) groups is 1. The summed E-state index contributed by atoms with van der Waals surface area (Å²) in [7, 11) is 0. The van der Waals surface area contributed by atoms with Crippen molar-refractivity contribution in [2.24, 2.45) is 5.92 Å². The van der Waals surface area contributed by atoms with Gasteiger partial charge in [-0.05, 0) is 19.3 Å². The van der Waals surface area contributed by atoms with Crippen LogP contribution < -0.4 is 0 Å². The zero-order valence-electron chi connectivity index (χ0n) is 12.0. The number of nitrogens with zero attached hydrogens (tertiary/aromatic N) is 3. The van der Waals surface area contributed by atoms with Crippen LogP contribution in [0, 0.1) is 17.2 Å². The molecule has 0 N–H and O–H groups in total. The van der Waals surface area contributed by atoms with Crippen molar-refractivity contribution >= 4 is 5.91 Å². The maximum absolute atomic E-state index is 12.4. The molecule has 1 saturated carbocycles. The minimum Gasteiger partial charge on any atom is -0.340 e. The minimum absolute atomic E-state index is 0.0203. The van der Waals surface area contributed by atoms with Gasteiger partial charge in [-0.25, -0.2) is 0 Å². The Balaban J connectivity index is 1.82. The van der Waals surface area contributed by atoms with Crippen molar-refractivity contribution < 1.29 is 4.79 Å². The van der Waals surface area contributed by atoms with E-state index in [4.69, 9.17) is 5.26 Å². The molecule has 1 unspecified atom stereocenters. The molecule has 0 radical (unpaired) electrons. The van der Waals surface area contributed by atoms with Crippen LogP contribution in [0.4, 0.5) is 0 Å². The molecule has 2 aliphatic rings. The molecule has 106 valence electrons. The molecule has 4 heteroatoms. The van der Waals surface area contributed by atoms with Gasteiger partial charge in [0.1, 0.15) is 0 Å². The Morgan fingerprint density at radius 1 is 1.21 bits per heavy atom. The molecule has 1 atom stereocenters. The van der Waals surface area contributed by atoms with Crippen LogP contribution in [0.5, 0.6) is 0 Å². The van der Waals surface area contributed by atoms with Crippen LogP contribution in [0.1, 0.15) is 45.4 Å². The van der Waals surface area contributed by atoms with Crippen LogP contribution in [0.3, 0.4) is 0 Å². The molecule has 1 amide bonds. The van der Waals surface area contributed by atoms with E-state index in [1.807, 2.05) is 11.8 Å². The summed E-state index contributed by atoms with van der Waals surface area (Å²) < 4.78 is 0. The molecule has 1 heterocycles. The van der Waals surface area contributed by atoms with E-state index in [9.17, 15) is 4.79 Å².